The molecule has 2 aromatic rings. The van der Waals surface area contributed by atoms with Gasteiger partial charge in [0.1, 0.15) is 0 Å². The molecule has 4 N–H and O–H groups in total. The molecule has 0 amide bonds. The fourth-order valence-corrected chi connectivity index (χ4v) is 2.90. The van der Waals surface area contributed by atoms with Crippen LogP contribution in [-0.2, 0) is 0 Å². The monoisotopic (exact) mass is 502 g/mol. The van der Waals surface area contributed by atoms with E-state index in [1.165, 1.54) is 12.8 Å². The molecule has 4 atom stereocenters. The molecular weight excluding hydrogens is 456 g/mol. The van der Waals surface area contributed by atoms with E-state index in [-0.39, 0.29) is 12.2 Å². The molecule has 0 aromatic heterocycles. The first-order chi connectivity index (χ1) is 17.0. The highest BCUT2D eigenvalue weighted by molar-refractivity contribution is 5.87. The van der Waals surface area contributed by atoms with Crippen molar-refractivity contribution < 1.29 is 30.0 Å². The van der Waals surface area contributed by atoms with E-state index in [4.69, 9.17) is 20.4 Å². The van der Waals surface area contributed by atoms with E-state index in [9.17, 15) is 9.59 Å². The van der Waals surface area contributed by atoms with Gasteiger partial charge in [0.2, 0.25) is 0 Å². The number of hydrogen-bond acceptors (Lipinski definition) is 4. The third-order valence-corrected chi connectivity index (χ3v) is 5.15. The van der Waals surface area contributed by atoms with Gasteiger partial charge in [0.15, 0.2) is 0 Å². The van der Waals surface area contributed by atoms with Crippen LogP contribution in [0.1, 0.15) is 87.4 Å². The highest BCUT2D eigenvalue weighted by Gasteiger charge is 2.05. The van der Waals surface area contributed by atoms with E-state index >= 15 is 0 Å². The Bertz CT molecular complexity index is 755. The molecule has 0 saturated heterocycles. The molecule has 0 fully saturated rings. The van der Waals surface area contributed by atoms with Crippen molar-refractivity contribution >= 4 is 11.9 Å². The molecule has 0 aliphatic rings. The molecule has 202 valence electrons. The summed E-state index contributed by atoms with van der Waals surface area (Å²) in [6.07, 6.45) is 6.22. The summed E-state index contributed by atoms with van der Waals surface area (Å²) in [6, 6.07) is 16.6. The minimum atomic E-state index is -0.879. The molecule has 0 saturated carbocycles. The van der Waals surface area contributed by atoms with Crippen molar-refractivity contribution in [3.8, 4) is 0 Å². The Kier molecular flexibility index (Phi) is 22.0. The summed E-state index contributed by atoms with van der Waals surface area (Å²) in [5.74, 6) is -0.204. The zero-order chi connectivity index (χ0) is 27.9. The first-order valence-electron chi connectivity index (χ1n) is 12.5. The van der Waals surface area contributed by atoms with Gasteiger partial charge in [-0.3, -0.25) is 0 Å². The van der Waals surface area contributed by atoms with Crippen LogP contribution < -0.4 is 0 Å². The van der Waals surface area contributed by atoms with E-state index in [0.717, 1.165) is 18.8 Å². The second-order valence-corrected chi connectivity index (χ2v) is 8.83. The van der Waals surface area contributed by atoms with Crippen LogP contribution in [0.15, 0.2) is 73.3 Å². The minimum Gasteiger partial charge on any atom is -0.478 e. The number of hydrogen-bond donors (Lipinski definition) is 4. The molecule has 0 heterocycles. The van der Waals surface area contributed by atoms with Gasteiger partial charge in [-0.25, -0.2) is 9.59 Å². The molecule has 36 heavy (non-hydrogen) atoms. The van der Waals surface area contributed by atoms with Crippen LogP contribution in [0.2, 0.25) is 0 Å². The third kappa shape index (κ3) is 21.6. The maximum atomic E-state index is 10.2. The van der Waals surface area contributed by atoms with Crippen LogP contribution in [0.25, 0.3) is 0 Å². The average molecular weight is 503 g/mol. The SMILES string of the molecule is C=CC(C)CC(C)CC.CCCC(O)CC(C)O.O=C(O)c1ccccc1.O=C(O)c1ccccc1. The summed E-state index contributed by atoms with van der Waals surface area (Å²) in [4.78, 5) is 20.4. The molecule has 0 aliphatic carbocycles. The molecule has 2 aromatic carbocycles. The van der Waals surface area contributed by atoms with Crippen molar-refractivity contribution in [2.45, 2.75) is 78.9 Å². The Morgan fingerprint density at radius 1 is 0.806 bits per heavy atom. The lowest BCUT2D eigenvalue weighted by Gasteiger charge is -2.10. The summed E-state index contributed by atoms with van der Waals surface area (Å²) in [5, 5.41) is 34.6. The second-order valence-electron chi connectivity index (χ2n) is 8.83. The molecule has 6 heteroatoms. The fraction of sp³-hybridized carbons (Fsp3) is 0.467. The van der Waals surface area contributed by atoms with Gasteiger partial charge in [0.05, 0.1) is 23.3 Å². The Morgan fingerprint density at radius 3 is 1.47 bits per heavy atom. The van der Waals surface area contributed by atoms with E-state index in [1.54, 1.807) is 67.6 Å². The summed E-state index contributed by atoms with van der Waals surface area (Å²) < 4.78 is 0. The van der Waals surface area contributed by atoms with E-state index in [2.05, 4.69) is 27.4 Å². The Hall–Kier alpha value is -2.96. The van der Waals surface area contributed by atoms with Gasteiger partial charge >= 0.3 is 11.9 Å². The van der Waals surface area contributed by atoms with Crippen molar-refractivity contribution in [3.63, 3.8) is 0 Å². The van der Waals surface area contributed by atoms with Crippen LogP contribution in [0.3, 0.4) is 0 Å². The van der Waals surface area contributed by atoms with Gasteiger partial charge in [0.25, 0.3) is 0 Å². The van der Waals surface area contributed by atoms with E-state index in [1.807, 2.05) is 13.0 Å². The molecule has 2 rings (SSSR count). The van der Waals surface area contributed by atoms with Gasteiger partial charge in [-0.2, -0.15) is 0 Å². The van der Waals surface area contributed by atoms with Crippen molar-refractivity contribution in [2.75, 3.05) is 0 Å². The zero-order valence-corrected chi connectivity index (χ0v) is 22.5. The highest BCUT2D eigenvalue weighted by Crippen LogP contribution is 2.14. The molecular formula is C30H46O6. The van der Waals surface area contributed by atoms with Crippen molar-refractivity contribution in [2.24, 2.45) is 11.8 Å². The second kappa shape index (κ2) is 22.5. The quantitative estimate of drug-likeness (QED) is 0.262. The normalized spacial score (nSPS) is 13.0. The maximum absolute atomic E-state index is 10.2. The van der Waals surface area contributed by atoms with Gasteiger partial charge < -0.3 is 20.4 Å². The number of rotatable bonds is 10. The number of allylic oxidation sites excluding steroid dienone is 1. The first-order valence-corrected chi connectivity index (χ1v) is 12.5. The zero-order valence-electron chi connectivity index (χ0n) is 22.5. The predicted molar refractivity (Wildman–Crippen MR) is 147 cm³/mol. The van der Waals surface area contributed by atoms with Crippen molar-refractivity contribution in [1.82, 2.24) is 0 Å². The Labute approximate surface area is 217 Å². The standard InChI is InChI=1S/C9H18.2C7H6O2.C7H16O2/c1-5-8(3)7-9(4)6-2;2*8-7(9)6-4-2-1-3-5-6;1-3-4-7(9)5-6(2)8/h5,8-9H,1,6-7H2,2-4H3;2*1-5H,(H,8,9);6-9H,3-5H2,1-2H3. The molecule has 6 nitrogen and oxygen atoms in total. The number of aliphatic hydroxyl groups is 2. The van der Waals surface area contributed by atoms with Crippen LogP contribution in [0.5, 0.6) is 0 Å². The number of carboxylic acids is 2. The van der Waals surface area contributed by atoms with Crippen LogP contribution in [0.4, 0.5) is 0 Å². The summed E-state index contributed by atoms with van der Waals surface area (Å²) in [7, 11) is 0. The number of aliphatic hydroxyl groups excluding tert-OH is 2. The van der Waals surface area contributed by atoms with Gasteiger partial charge in [-0.05, 0) is 62.3 Å². The predicted octanol–water partition coefficient (Wildman–Crippen LogP) is 6.93. The van der Waals surface area contributed by atoms with Crippen LogP contribution in [0, 0.1) is 11.8 Å². The Morgan fingerprint density at radius 2 is 1.22 bits per heavy atom. The van der Waals surface area contributed by atoms with Gasteiger partial charge in [-0.15, -0.1) is 6.58 Å². The lowest BCUT2D eigenvalue weighted by molar-refractivity contribution is 0.0686. The van der Waals surface area contributed by atoms with Crippen LogP contribution in [-0.4, -0.2) is 44.6 Å². The molecule has 0 bridgehead atoms. The molecule has 0 spiro atoms. The van der Waals surface area contributed by atoms with E-state index < -0.39 is 11.9 Å². The number of benzene rings is 2. The summed E-state index contributed by atoms with van der Waals surface area (Å²) in [5.41, 5.74) is 0.662. The number of carbonyl (C=O) groups is 2. The molecule has 4 unspecified atom stereocenters. The maximum Gasteiger partial charge on any atom is 0.335 e. The van der Waals surface area contributed by atoms with Gasteiger partial charge in [0, 0.05) is 0 Å². The first kappa shape index (κ1) is 35.2. The van der Waals surface area contributed by atoms with E-state index in [0.29, 0.717) is 23.5 Å². The molecule has 0 radical (unpaired) electrons. The van der Waals surface area contributed by atoms with Crippen LogP contribution >= 0.6 is 0 Å². The Balaban J connectivity index is 0. The smallest absolute Gasteiger partial charge is 0.335 e. The lowest BCUT2D eigenvalue weighted by atomic mass is 9.96. The number of carboxylic acid groups (broad SMARTS) is 2. The summed E-state index contributed by atoms with van der Waals surface area (Å²) >= 11 is 0. The topological polar surface area (TPSA) is 115 Å². The average Bonchev–Trinajstić information content (AvgIpc) is 2.85. The minimum absolute atomic E-state index is 0.310. The largest absolute Gasteiger partial charge is 0.478 e. The third-order valence-electron chi connectivity index (χ3n) is 5.15. The number of aromatic carboxylic acids is 2. The highest BCUT2D eigenvalue weighted by atomic mass is 16.4. The van der Waals surface area contributed by atoms with Crippen molar-refractivity contribution in [3.05, 3.63) is 84.4 Å². The van der Waals surface area contributed by atoms with Crippen molar-refractivity contribution in [1.29, 1.82) is 0 Å². The lowest BCUT2D eigenvalue weighted by Crippen LogP contribution is -2.13. The summed E-state index contributed by atoms with van der Waals surface area (Å²) in [6.45, 7) is 14.2. The molecule has 0 aliphatic heterocycles. The van der Waals surface area contributed by atoms with Gasteiger partial charge in [-0.1, -0.05) is 83.0 Å². The fourth-order valence-electron chi connectivity index (χ4n) is 2.90.